The van der Waals surface area contributed by atoms with Crippen LogP contribution in [0.15, 0.2) is 45.8 Å². The van der Waals surface area contributed by atoms with Crippen molar-refractivity contribution in [3.05, 3.63) is 58.1 Å². The van der Waals surface area contributed by atoms with E-state index in [4.69, 9.17) is 4.74 Å². The van der Waals surface area contributed by atoms with Gasteiger partial charge in [0.25, 0.3) is 5.91 Å². The van der Waals surface area contributed by atoms with Crippen LogP contribution in [0.2, 0.25) is 0 Å². The molecule has 1 N–H and O–H groups in total. The normalized spacial score (nSPS) is 11.7. The minimum Gasteiger partial charge on any atom is -0.465 e. The Morgan fingerprint density at radius 3 is 2.67 bits per heavy atom. The standard InChI is InChI=1S/C19H18BrF2NO3S/c1-3-7-26-19(25)11(2)27-17-10-16(15(22)9-14(17)20)23-18(24)12-5-4-6-13(21)8-12/h4-6,8-11H,3,7H2,1-2H3,(H,23,24). The Balaban J connectivity index is 2.17. The Bertz CT molecular complexity index is 848. The molecule has 2 aromatic carbocycles. The van der Waals surface area contributed by atoms with Gasteiger partial charge < -0.3 is 10.1 Å². The summed E-state index contributed by atoms with van der Waals surface area (Å²) in [5, 5.41) is 1.92. The van der Waals surface area contributed by atoms with Crippen molar-refractivity contribution in [3.63, 3.8) is 0 Å². The van der Waals surface area contributed by atoms with Crippen molar-refractivity contribution in [2.75, 3.05) is 11.9 Å². The van der Waals surface area contributed by atoms with Gasteiger partial charge in [-0.2, -0.15) is 0 Å². The lowest BCUT2D eigenvalue weighted by Crippen LogP contribution is -2.17. The zero-order valence-corrected chi connectivity index (χ0v) is 17.1. The molecular weight excluding hydrogens is 440 g/mol. The average molecular weight is 458 g/mol. The number of nitrogens with one attached hydrogen (secondary N) is 1. The highest BCUT2D eigenvalue weighted by Crippen LogP contribution is 2.35. The topological polar surface area (TPSA) is 55.4 Å². The van der Waals surface area contributed by atoms with E-state index in [9.17, 15) is 18.4 Å². The fraction of sp³-hybridized carbons (Fsp3) is 0.263. The second kappa shape index (κ2) is 9.85. The van der Waals surface area contributed by atoms with Crippen LogP contribution in [0.25, 0.3) is 0 Å². The first-order valence-electron chi connectivity index (χ1n) is 8.21. The van der Waals surface area contributed by atoms with Gasteiger partial charge in [-0.1, -0.05) is 13.0 Å². The summed E-state index contributed by atoms with van der Waals surface area (Å²) in [6.45, 7) is 3.92. The number of ether oxygens (including phenoxy) is 1. The largest absolute Gasteiger partial charge is 0.465 e. The summed E-state index contributed by atoms with van der Waals surface area (Å²) in [7, 11) is 0. The molecule has 1 atom stereocenters. The van der Waals surface area contributed by atoms with Crippen LogP contribution in [-0.2, 0) is 9.53 Å². The van der Waals surface area contributed by atoms with Crippen LogP contribution < -0.4 is 5.32 Å². The molecule has 2 aromatic rings. The predicted molar refractivity (Wildman–Crippen MR) is 105 cm³/mol. The smallest absolute Gasteiger partial charge is 0.319 e. The molecular formula is C19H18BrF2NO3S. The maximum atomic E-state index is 14.2. The molecule has 0 aliphatic heterocycles. The van der Waals surface area contributed by atoms with E-state index in [1.807, 2.05) is 6.92 Å². The maximum absolute atomic E-state index is 14.2. The molecule has 0 saturated carbocycles. The Kier molecular flexibility index (Phi) is 7.79. The molecule has 0 aromatic heterocycles. The summed E-state index contributed by atoms with van der Waals surface area (Å²) in [6, 6.07) is 7.72. The Morgan fingerprint density at radius 2 is 2.00 bits per heavy atom. The van der Waals surface area contributed by atoms with Gasteiger partial charge in [0, 0.05) is 14.9 Å². The first kappa shape index (κ1) is 21.4. The van der Waals surface area contributed by atoms with Crippen molar-refractivity contribution in [2.45, 2.75) is 30.4 Å². The number of benzene rings is 2. The maximum Gasteiger partial charge on any atom is 0.319 e. The molecule has 4 nitrogen and oxygen atoms in total. The second-order valence-corrected chi connectivity index (χ2v) is 7.89. The van der Waals surface area contributed by atoms with E-state index in [0.29, 0.717) is 16.0 Å². The third-order valence-corrected chi connectivity index (χ3v) is 5.50. The van der Waals surface area contributed by atoms with Crippen molar-refractivity contribution >= 4 is 45.3 Å². The van der Waals surface area contributed by atoms with Crippen molar-refractivity contribution in [2.24, 2.45) is 0 Å². The number of thioether (sulfide) groups is 1. The highest BCUT2D eigenvalue weighted by atomic mass is 79.9. The minimum absolute atomic E-state index is 0.0657. The monoisotopic (exact) mass is 457 g/mol. The van der Waals surface area contributed by atoms with Crippen molar-refractivity contribution < 1.29 is 23.1 Å². The minimum atomic E-state index is -0.655. The number of esters is 1. The average Bonchev–Trinajstić information content (AvgIpc) is 2.63. The van der Waals surface area contributed by atoms with Crippen LogP contribution >= 0.6 is 27.7 Å². The van der Waals surface area contributed by atoms with Gasteiger partial charge in [-0.05, 0) is 59.6 Å². The lowest BCUT2D eigenvalue weighted by atomic mass is 10.2. The molecule has 1 unspecified atom stereocenters. The molecule has 0 bridgehead atoms. The third kappa shape index (κ3) is 6.04. The number of hydrogen-bond donors (Lipinski definition) is 1. The van der Waals surface area contributed by atoms with Gasteiger partial charge in [-0.3, -0.25) is 9.59 Å². The van der Waals surface area contributed by atoms with Gasteiger partial charge in [0.2, 0.25) is 0 Å². The number of rotatable bonds is 7. The molecule has 0 aliphatic carbocycles. The van der Waals surface area contributed by atoms with Crippen LogP contribution in [0.1, 0.15) is 30.6 Å². The van der Waals surface area contributed by atoms with Crippen LogP contribution in [-0.4, -0.2) is 23.7 Å². The summed E-state index contributed by atoms with van der Waals surface area (Å²) in [5.41, 5.74) is 0.00659. The first-order chi connectivity index (χ1) is 12.8. The van der Waals surface area contributed by atoms with Crippen LogP contribution in [0.3, 0.4) is 0 Å². The van der Waals surface area contributed by atoms with E-state index in [-0.39, 0.29) is 17.2 Å². The number of halogens is 3. The number of hydrogen-bond acceptors (Lipinski definition) is 4. The summed E-state index contributed by atoms with van der Waals surface area (Å²) in [6.07, 6.45) is 0.722. The van der Waals surface area contributed by atoms with Gasteiger partial charge in [0.05, 0.1) is 12.3 Å². The molecule has 8 heteroatoms. The molecule has 1 amide bonds. The molecule has 27 heavy (non-hydrogen) atoms. The molecule has 0 heterocycles. The van der Waals surface area contributed by atoms with E-state index in [2.05, 4.69) is 21.2 Å². The van der Waals surface area contributed by atoms with E-state index in [1.54, 1.807) is 6.92 Å². The van der Waals surface area contributed by atoms with Crippen molar-refractivity contribution in [1.29, 1.82) is 0 Å². The van der Waals surface area contributed by atoms with E-state index in [1.165, 1.54) is 42.1 Å². The lowest BCUT2D eigenvalue weighted by Gasteiger charge is -2.14. The van der Waals surface area contributed by atoms with E-state index >= 15 is 0 Å². The fourth-order valence-corrected chi connectivity index (χ4v) is 3.60. The predicted octanol–water partition coefficient (Wildman–Crippen LogP) is 5.41. The third-order valence-electron chi connectivity index (χ3n) is 3.44. The van der Waals surface area contributed by atoms with Gasteiger partial charge in [-0.15, -0.1) is 11.8 Å². The molecule has 0 spiro atoms. The highest BCUT2D eigenvalue weighted by molar-refractivity contribution is 9.10. The SMILES string of the molecule is CCCOC(=O)C(C)Sc1cc(NC(=O)c2cccc(F)c2)c(F)cc1Br. The number of carbonyl (C=O) groups is 2. The summed E-state index contributed by atoms with van der Waals surface area (Å²) in [5.74, 6) is -2.22. The van der Waals surface area contributed by atoms with Gasteiger partial charge in [0.1, 0.15) is 16.9 Å². The van der Waals surface area contributed by atoms with Crippen LogP contribution in [0.4, 0.5) is 14.5 Å². The highest BCUT2D eigenvalue weighted by Gasteiger charge is 2.19. The zero-order valence-electron chi connectivity index (χ0n) is 14.7. The van der Waals surface area contributed by atoms with Crippen molar-refractivity contribution in [3.8, 4) is 0 Å². The molecule has 0 fully saturated rings. The van der Waals surface area contributed by atoms with Gasteiger partial charge >= 0.3 is 5.97 Å². The summed E-state index contributed by atoms with van der Waals surface area (Å²) < 4.78 is 33.0. The fourth-order valence-electron chi connectivity index (χ4n) is 2.10. The quantitative estimate of drug-likeness (QED) is 0.445. The van der Waals surface area contributed by atoms with E-state index < -0.39 is 22.8 Å². The zero-order chi connectivity index (χ0) is 20.0. The van der Waals surface area contributed by atoms with Gasteiger partial charge in [-0.25, -0.2) is 8.78 Å². The lowest BCUT2D eigenvalue weighted by molar-refractivity contribution is -0.142. The Hall–Kier alpha value is -1.93. The molecule has 0 saturated heterocycles. The van der Waals surface area contributed by atoms with E-state index in [0.717, 1.165) is 12.5 Å². The van der Waals surface area contributed by atoms with Crippen LogP contribution in [0, 0.1) is 11.6 Å². The Morgan fingerprint density at radius 1 is 1.26 bits per heavy atom. The Labute approximate surface area is 168 Å². The molecule has 2 rings (SSSR count). The van der Waals surface area contributed by atoms with Crippen molar-refractivity contribution in [1.82, 2.24) is 0 Å². The molecule has 144 valence electrons. The number of carbonyl (C=O) groups excluding carboxylic acids is 2. The first-order valence-corrected chi connectivity index (χ1v) is 9.88. The number of amides is 1. The number of anilines is 1. The molecule has 0 aliphatic rings. The summed E-state index contributed by atoms with van der Waals surface area (Å²) in [4.78, 5) is 24.7. The summed E-state index contributed by atoms with van der Waals surface area (Å²) >= 11 is 4.43. The molecule has 0 radical (unpaired) electrons. The second-order valence-electron chi connectivity index (χ2n) is 5.65. The van der Waals surface area contributed by atoms with Gasteiger partial charge in [0.15, 0.2) is 0 Å². The van der Waals surface area contributed by atoms with Crippen LogP contribution in [0.5, 0.6) is 0 Å².